The van der Waals surface area contributed by atoms with Crippen molar-refractivity contribution in [1.82, 2.24) is 9.97 Å². The summed E-state index contributed by atoms with van der Waals surface area (Å²) in [7, 11) is 1.64. The molecule has 1 aromatic carbocycles. The summed E-state index contributed by atoms with van der Waals surface area (Å²) in [5.74, 6) is 1.27. The number of hydrogen-bond donors (Lipinski definition) is 1. The van der Waals surface area contributed by atoms with Crippen LogP contribution < -0.4 is 5.32 Å². The SMILES string of the molecule is CCc1cc(NCC(OC)c2ccc(F)cc2)nc(C)n1. The Bertz CT molecular complexity index is 587. The molecule has 1 heterocycles. The van der Waals surface area contributed by atoms with Crippen molar-refractivity contribution in [1.29, 1.82) is 0 Å². The summed E-state index contributed by atoms with van der Waals surface area (Å²) < 4.78 is 18.4. The quantitative estimate of drug-likeness (QED) is 0.886. The van der Waals surface area contributed by atoms with Gasteiger partial charge in [-0.2, -0.15) is 0 Å². The third-order valence-corrected chi connectivity index (χ3v) is 3.25. The number of rotatable bonds is 6. The summed E-state index contributed by atoms with van der Waals surface area (Å²) in [4.78, 5) is 8.70. The second kappa shape index (κ2) is 7.13. The Morgan fingerprint density at radius 3 is 2.57 bits per heavy atom. The molecule has 112 valence electrons. The minimum atomic E-state index is -0.249. The molecule has 21 heavy (non-hydrogen) atoms. The Labute approximate surface area is 124 Å². The highest BCUT2D eigenvalue weighted by Crippen LogP contribution is 2.18. The predicted octanol–water partition coefficient (Wildman–Crippen LogP) is 3.29. The summed E-state index contributed by atoms with van der Waals surface area (Å²) in [6.07, 6.45) is 0.704. The Morgan fingerprint density at radius 1 is 1.24 bits per heavy atom. The molecule has 5 heteroatoms. The number of aromatic nitrogens is 2. The lowest BCUT2D eigenvalue weighted by Crippen LogP contribution is -2.16. The van der Waals surface area contributed by atoms with Crippen molar-refractivity contribution in [2.45, 2.75) is 26.4 Å². The summed E-state index contributed by atoms with van der Waals surface area (Å²) >= 11 is 0. The minimum Gasteiger partial charge on any atom is -0.375 e. The van der Waals surface area contributed by atoms with Gasteiger partial charge in [-0.15, -0.1) is 0 Å². The first kappa shape index (κ1) is 15.4. The van der Waals surface area contributed by atoms with Crippen LogP contribution in [-0.4, -0.2) is 23.6 Å². The second-order valence-corrected chi connectivity index (χ2v) is 4.80. The Morgan fingerprint density at radius 2 is 1.95 bits per heavy atom. The van der Waals surface area contributed by atoms with Crippen LogP contribution in [-0.2, 0) is 11.2 Å². The average Bonchev–Trinajstić information content (AvgIpc) is 2.49. The number of methoxy groups -OCH3 is 1. The first-order valence-corrected chi connectivity index (χ1v) is 6.99. The van der Waals surface area contributed by atoms with Gasteiger partial charge < -0.3 is 10.1 Å². The van der Waals surface area contributed by atoms with Gasteiger partial charge in [0.2, 0.25) is 0 Å². The van der Waals surface area contributed by atoms with E-state index in [1.54, 1.807) is 19.2 Å². The van der Waals surface area contributed by atoms with Crippen LogP contribution in [0.1, 0.15) is 30.1 Å². The van der Waals surface area contributed by atoms with E-state index in [1.165, 1.54) is 12.1 Å². The van der Waals surface area contributed by atoms with Crippen LogP contribution in [0.4, 0.5) is 10.2 Å². The first-order valence-electron chi connectivity index (χ1n) is 6.99. The third kappa shape index (κ3) is 4.23. The largest absolute Gasteiger partial charge is 0.375 e. The summed E-state index contributed by atoms with van der Waals surface area (Å²) in [6, 6.07) is 8.27. The van der Waals surface area contributed by atoms with E-state index in [1.807, 2.05) is 13.0 Å². The predicted molar refractivity (Wildman–Crippen MR) is 80.8 cm³/mol. The Hall–Kier alpha value is -2.01. The van der Waals surface area contributed by atoms with Crippen LogP contribution >= 0.6 is 0 Å². The fraction of sp³-hybridized carbons (Fsp3) is 0.375. The molecular formula is C16H20FN3O. The van der Waals surface area contributed by atoms with Gasteiger partial charge in [0.15, 0.2) is 0 Å². The van der Waals surface area contributed by atoms with Crippen molar-refractivity contribution >= 4 is 5.82 Å². The van der Waals surface area contributed by atoms with Gasteiger partial charge in [-0.05, 0) is 31.0 Å². The zero-order valence-electron chi connectivity index (χ0n) is 12.6. The molecule has 0 amide bonds. The van der Waals surface area contributed by atoms with Crippen LogP contribution in [0.25, 0.3) is 0 Å². The van der Waals surface area contributed by atoms with Gasteiger partial charge in [0, 0.05) is 25.4 Å². The summed E-state index contributed by atoms with van der Waals surface area (Å²) in [5.41, 5.74) is 1.92. The molecule has 1 aromatic heterocycles. The molecule has 0 saturated carbocycles. The van der Waals surface area contributed by atoms with E-state index >= 15 is 0 Å². The van der Waals surface area contributed by atoms with Gasteiger partial charge >= 0.3 is 0 Å². The lowest BCUT2D eigenvalue weighted by atomic mass is 10.1. The highest BCUT2D eigenvalue weighted by Gasteiger charge is 2.11. The number of halogens is 1. The molecule has 0 aliphatic carbocycles. The zero-order valence-corrected chi connectivity index (χ0v) is 12.6. The van der Waals surface area contributed by atoms with Crippen LogP contribution in [0.2, 0.25) is 0 Å². The molecule has 2 rings (SSSR count). The molecule has 0 aliphatic rings. The topological polar surface area (TPSA) is 47.0 Å². The molecule has 1 atom stereocenters. The van der Waals surface area contributed by atoms with Crippen LogP contribution in [0.15, 0.2) is 30.3 Å². The lowest BCUT2D eigenvalue weighted by molar-refractivity contribution is 0.114. The fourth-order valence-electron chi connectivity index (χ4n) is 2.11. The van der Waals surface area contributed by atoms with Gasteiger partial charge in [-0.3, -0.25) is 0 Å². The summed E-state index contributed by atoms with van der Waals surface area (Å²) in [5, 5.41) is 3.25. The van der Waals surface area contributed by atoms with Crippen molar-refractivity contribution < 1.29 is 9.13 Å². The monoisotopic (exact) mass is 289 g/mol. The number of anilines is 1. The average molecular weight is 289 g/mol. The second-order valence-electron chi connectivity index (χ2n) is 4.80. The number of nitrogens with zero attached hydrogens (tertiary/aromatic N) is 2. The van der Waals surface area contributed by atoms with Crippen molar-refractivity contribution in [3.8, 4) is 0 Å². The molecule has 0 radical (unpaired) electrons. The highest BCUT2D eigenvalue weighted by atomic mass is 19.1. The van der Waals surface area contributed by atoms with E-state index in [9.17, 15) is 4.39 Å². The third-order valence-electron chi connectivity index (χ3n) is 3.25. The standard InChI is InChI=1S/C16H20FN3O/c1-4-14-9-16(20-11(2)19-14)18-10-15(21-3)12-5-7-13(17)8-6-12/h5-9,15H,4,10H2,1-3H3,(H,18,19,20). The van der Waals surface area contributed by atoms with Crippen LogP contribution in [0, 0.1) is 12.7 Å². The van der Waals surface area contributed by atoms with Gasteiger partial charge in [0.05, 0.1) is 6.10 Å². The number of benzene rings is 1. The van der Waals surface area contributed by atoms with E-state index in [0.29, 0.717) is 6.54 Å². The molecule has 0 bridgehead atoms. The van der Waals surface area contributed by atoms with Crippen molar-refractivity contribution in [2.24, 2.45) is 0 Å². The van der Waals surface area contributed by atoms with Crippen molar-refractivity contribution in [3.05, 3.63) is 53.2 Å². The molecule has 4 nitrogen and oxygen atoms in total. The van der Waals surface area contributed by atoms with E-state index < -0.39 is 0 Å². The molecule has 1 unspecified atom stereocenters. The van der Waals surface area contributed by atoms with E-state index in [4.69, 9.17) is 4.74 Å². The zero-order chi connectivity index (χ0) is 15.2. The normalized spacial score (nSPS) is 12.2. The van der Waals surface area contributed by atoms with Gasteiger partial charge in [0.1, 0.15) is 17.5 Å². The number of nitrogens with one attached hydrogen (secondary N) is 1. The first-order chi connectivity index (χ1) is 10.1. The number of ether oxygens (including phenoxy) is 1. The molecule has 0 fully saturated rings. The van der Waals surface area contributed by atoms with Gasteiger partial charge in [-0.25, -0.2) is 14.4 Å². The Kier molecular flexibility index (Phi) is 5.22. The number of hydrogen-bond acceptors (Lipinski definition) is 4. The maximum atomic E-state index is 13.0. The minimum absolute atomic E-state index is 0.161. The molecule has 0 spiro atoms. The van der Waals surface area contributed by atoms with Gasteiger partial charge in [0.25, 0.3) is 0 Å². The fourth-order valence-corrected chi connectivity index (χ4v) is 2.11. The smallest absolute Gasteiger partial charge is 0.130 e. The van der Waals surface area contributed by atoms with Crippen LogP contribution in [0.3, 0.4) is 0 Å². The van der Waals surface area contributed by atoms with Crippen molar-refractivity contribution in [3.63, 3.8) is 0 Å². The molecular weight excluding hydrogens is 269 g/mol. The molecule has 1 N–H and O–H groups in total. The lowest BCUT2D eigenvalue weighted by Gasteiger charge is -2.17. The van der Waals surface area contributed by atoms with Gasteiger partial charge in [-0.1, -0.05) is 19.1 Å². The molecule has 0 aliphatic heterocycles. The van der Waals surface area contributed by atoms with Crippen molar-refractivity contribution in [2.75, 3.05) is 19.0 Å². The maximum absolute atomic E-state index is 13.0. The van der Waals surface area contributed by atoms with Crippen LogP contribution in [0.5, 0.6) is 0 Å². The maximum Gasteiger partial charge on any atom is 0.130 e. The number of aryl methyl sites for hydroxylation is 2. The van der Waals surface area contributed by atoms with E-state index in [0.717, 1.165) is 29.3 Å². The van der Waals surface area contributed by atoms with E-state index in [-0.39, 0.29) is 11.9 Å². The van der Waals surface area contributed by atoms with E-state index in [2.05, 4.69) is 22.2 Å². The highest BCUT2D eigenvalue weighted by molar-refractivity contribution is 5.36. The Balaban J connectivity index is 2.06. The summed E-state index contributed by atoms with van der Waals surface area (Å²) in [6.45, 7) is 4.49. The molecule has 2 aromatic rings. The molecule has 0 saturated heterocycles.